The Balaban J connectivity index is 1.57. The van der Waals surface area contributed by atoms with E-state index in [-0.39, 0.29) is 0 Å². The molecule has 3 aromatic carbocycles. The van der Waals surface area contributed by atoms with E-state index in [1.807, 2.05) is 12.1 Å². The fraction of sp³-hybridized carbons (Fsp3) is 0.133. The maximum atomic E-state index is 6.29. The normalized spacial score (nSPS) is 17.5. The van der Waals surface area contributed by atoms with Gasteiger partial charge in [-0.2, -0.15) is 0 Å². The molecule has 34 heavy (non-hydrogen) atoms. The molecule has 1 aliphatic carbocycles. The first-order chi connectivity index (χ1) is 16.7. The Bertz CT molecular complexity index is 1250. The second kappa shape index (κ2) is 10.0. The SMILES string of the molecule is C=CC1=C(N(c2ccccc2)c2ccccc2)C(=CC=C2Sc3ccc(Cl)cc3N2CC)CC1. The van der Waals surface area contributed by atoms with E-state index in [2.05, 4.69) is 108 Å². The second-order valence-corrected chi connectivity index (χ2v) is 9.74. The first-order valence-corrected chi connectivity index (χ1v) is 12.8. The second-order valence-electron chi connectivity index (χ2n) is 8.24. The third kappa shape index (κ3) is 4.34. The summed E-state index contributed by atoms with van der Waals surface area (Å²) < 4.78 is 0. The Kier molecular flexibility index (Phi) is 6.66. The van der Waals surface area contributed by atoms with Crippen LogP contribution in [-0.2, 0) is 0 Å². The number of hydrogen-bond donors (Lipinski definition) is 0. The molecule has 0 spiro atoms. The van der Waals surface area contributed by atoms with Crippen molar-refractivity contribution in [2.24, 2.45) is 0 Å². The van der Waals surface area contributed by atoms with Gasteiger partial charge in [-0.15, -0.1) is 0 Å². The molecule has 1 aliphatic heterocycles. The van der Waals surface area contributed by atoms with Crippen LogP contribution in [0.5, 0.6) is 0 Å². The maximum Gasteiger partial charge on any atom is 0.0801 e. The van der Waals surface area contributed by atoms with Crippen molar-refractivity contribution in [3.05, 3.63) is 131 Å². The molecule has 0 N–H and O–H groups in total. The molecule has 0 atom stereocenters. The number of para-hydroxylation sites is 2. The number of hydrogen-bond acceptors (Lipinski definition) is 3. The average molecular weight is 483 g/mol. The van der Waals surface area contributed by atoms with E-state index in [9.17, 15) is 0 Å². The summed E-state index contributed by atoms with van der Waals surface area (Å²) in [4.78, 5) is 5.95. The molecule has 2 aliphatic rings. The van der Waals surface area contributed by atoms with Crippen molar-refractivity contribution < 1.29 is 0 Å². The molecule has 170 valence electrons. The molecule has 0 radical (unpaired) electrons. The van der Waals surface area contributed by atoms with Gasteiger partial charge in [-0.25, -0.2) is 0 Å². The molecule has 0 aromatic heterocycles. The van der Waals surface area contributed by atoms with Crippen molar-refractivity contribution in [1.29, 1.82) is 0 Å². The van der Waals surface area contributed by atoms with E-state index in [0.717, 1.165) is 35.8 Å². The summed E-state index contributed by atoms with van der Waals surface area (Å²) >= 11 is 8.09. The number of halogens is 1. The smallest absolute Gasteiger partial charge is 0.0801 e. The number of rotatable bonds is 6. The molecular formula is C30H27ClN2S. The fourth-order valence-electron chi connectivity index (χ4n) is 4.62. The summed E-state index contributed by atoms with van der Waals surface area (Å²) in [7, 11) is 0. The van der Waals surface area contributed by atoms with Gasteiger partial charge in [0.2, 0.25) is 0 Å². The minimum absolute atomic E-state index is 0.774. The Morgan fingerprint density at radius 3 is 2.24 bits per heavy atom. The lowest BCUT2D eigenvalue weighted by Gasteiger charge is -2.28. The van der Waals surface area contributed by atoms with Gasteiger partial charge in [-0.1, -0.05) is 78.5 Å². The van der Waals surface area contributed by atoms with Crippen LogP contribution in [-0.4, -0.2) is 6.54 Å². The Labute approximate surface area is 211 Å². The van der Waals surface area contributed by atoms with Gasteiger partial charge in [0.05, 0.1) is 16.4 Å². The lowest BCUT2D eigenvalue weighted by molar-refractivity contribution is 1.000. The highest BCUT2D eigenvalue weighted by Crippen LogP contribution is 2.47. The molecule has 0 saturated carbocycles. The molecule has 0 amide bonds. The molecule has 4 heteroatoms. The topological polar surface area (TPSA) is 6.48 Å². The van der Waals surface area contributed by atoms with E-state index < -0.39 is 0 Å². The Hall–Kier alpha value is -3.14. The highest BCUT2D eigenvalue weighted by atomic mass is 35.5. The van der Waals surface area contributed by atoms with Gasteiger partial charge in [0, 0.05) is 27.8 Å². The van der Waals surface area contributed by atoms with E-state index >= 15 is 0 Å². The number of benzene rings is 3. The highest BCUT2D eigenvalue weighted by Gasteiger charge is 2.27. The van der Waals surface area contributed by atoms with Crippen molar-refractivity contribution in [2.75, 3.05) is 16.3 Å². The van der Waals surface area contributed by atoms with Crippen LogP contribution in [0.2, 0.25) is 5.02 Å². The average Bonchev–Trinajstić information content (AvgIpc) is 3.44. The standard InChI is InChI=1S/C30H27ClN2S/c1-3-22-15-16-23(17-20-29-32(4-2)27-21-24(31)18-19-28(27)34-29)30(22)33(25-11-7-5-8-12-25)26-13-9-6-10-14-26/h3,5-14,17-21H,1,4,15-16H2,2H3. The van der Waals surface area contributed by atoms with Gasteiger partial charge >= 0.3 is 0 Å². The van der Waals surface area contributed by atoms with Crippen LogP contribution < -0.4 is 9.80 Å². The largest absolute Gasteiger partial charge is 0.335 e. The molecule has 0 unspecified atom stereocenters. The van der Waals surface area contributed by atoms with Crippen molar-refractivity contribution in [3.63, 3.8) is 0 Å². The predicted octanol–water partition coefficient (Wildman–Crippen LogP) is 9.11. The summed E-state index contributed by atoms with van der Waals surface area (Å²) in [5.41, 5.74) is 7.32. The number of thioether (sulfide) groups is 1. The van der Waals surface area contributed by atoms with Gasteiger partial charge in [-0.05, 0) is 79.5 Å². The number of nitrogens with zero attached hydrogens (tertiary/aromatic N) is 2. The van der Waals surface area contributed by atoms with Crippen LogP contribution in [0.3, 0.4) is 0 Å². The number of anilines is 3. The van der Waals surface area contributed by atoms with Crippen molar-refractivity contribution in [3.8, 4) is 0 Å². The predicted molar refractivity (Wildman–Crippen MR) is 148 cm³/mol. The van der Waals surface area contributed by atoms with Crippen molar-refractivity contribution in [1.82, 2.24) is 0 Å². The summed E-state index contributed by atoms with van der Waals surface area (Å²) in [6, 6.07) is 27.3. The van der Waals surface area contributed by atoms with Crippen LogP contribution >= 0.6 is 23.4 Å². The monoisotopic (exact) mass is 482 g/mol. The van der Waals surface area contributed by atoms with Crippen LogP contribution in [0.25, 0.3) is 0 Å². The quantitative estimate of drug-likeness (QED) is 0.346. The summed E-state index contributed by atoms with van der Waals surface area (Å²) in [6.07, 6.45) is 8.56. The van der Waals surface area contributed by atoms with Crippen LogP contribution in [0, 0.1) is 0 Å². The lowest BCUT2D eigenvalue weighted by atomic mass is 10.1. The van der Waals surface area contributed by atoms with E-state index in [1.165, 1.54) is 32.5 Å². The van der Waals surface area contributed by atoms with Gasteiger partial charge in [0.25, 0.3) is 0 Å². The molecule has 0 saturated heterocycles. The first-order valence-electron chi connectivity index (χ1n) is 11.6. The highest BCUT2D eigenvalue weighted by molar-refractivity contribution is 8.03. The van der Waals surface area contributed by atoms with Crippen LogP contribution in [0.4, 0.5) is 17.1 Å². The summed E-state index contributed by atoms with van der Waals surface area (Å²) in [5, 5.41) is 2.00. The zero-order valence-corrected chi connectivity index (χ0v) is 20.8. The van der Waals surface area contributed by atoms with E-state index in [0.29, 0.717) is 0 Å². The van der Waals surface area contributed by atoms with Gasteiger partial charge < -0.3 is 9.80 Å². The zero-order chi connectivity index (χ0) is 23.5. The maximum absolute atomic E-state index is 6.29. The van der Waals surface area contributed by atoms with Gasteiger partial charge in [0.1, 0.15) is 0 Å². The third-order valence-corrected chi connectivity index (χ3v) is 7.57. The molecule has 2 nitrogen and oxygen atoms in total. The summed E-state index contributed by atoms with van der Waals surface area (Å²) in [6.45, 7) is 7.22. The van der Waals surface area contributed by atoms with Gasteiger partial charge in [-0.3, -0.25) is 0 Å². The Morgan fingerprint density at radius 2 is 1.62 bits per heavy atom. The van der Waals surface area contributed by atoms with Crippen LogP contribution in [0.1, 0.15) is 19.8 Å². The molecule has 0 bridgehead atoms. The first kappa shape index (κ1) is 22.6. The van der Waals surface area contributed by atoms with Gasteiger partial charge in [0.15, 0.2) is 0 Å². The van der Waals surface area contributed by atoms with E-state index in [1.54, 1.807) is 11.8 Å². The number of allylic oxidation sites excluding steroid dienone is 5. The zero-order valence-electron chi connectivity index (χ0n) is 19.2. The van der Waals surface area contributed by atoms with Crippen molar-refractivity contribution in [2.45, 2.75) is 24.7 Å². The number of fused-ring (bicyclic) bond motifs is 1. The molecule has 0 fully saturated rings. The van der Waals surface area contributed by atoms with Crippen LogP contribution in [0.15, 0.2) is 130 Å². The van der Waals surface area contributed by atoms with Crippen molar-refractivity contribution >= 4 is 40.4 Å². The minimum atomic E-state index is 0.774. The lowest BCUT2D eigenvalue weighted by Crippen LogP contribution is -2.18. The third-order valence-electron chi connectivity index (χ3n) is 6.21. The molecule has 1 heterocycles. The molecule has 5 rings (SSSR count). The fourth-order valence-corrected chi connectivity index (χ4v) is 5.89. The summed E-state index contributed by atoms with van der Waals surface area (Å²) in [5.74, 6) is 0. The Morgan fingerprint density at radius 1 is 0.941 bits per heavy atom. The molecular weight excluding hydrogens is 456 g/mol. The van der Waals surface area contributed by atoms with E-state index in [4.69, 9.17) is 11.6 Å². The minimum Gasteiger partial charge on any atom is -0.335 e. The molecule has 3 aromatic rings.